The van der Waals surface area contributed by atoms with Gasteiger partial charge in [0.25, 0.3) is 0 Å². The van der Waals surface area contributed by atoms with E-state index in [0.29, 0.717) is 5.92 Å². The highest BCUT2D eigenvalue weighted by atomic mass is 35.5. The van der Waals surface area contributed by atoms with Crippen LogP contribution in [0.2, 0.25) is 0 Å². The highest BCUT2D eigenvalue weighted by molar-refractivity contribution is 5.85. The lowest BCUT2D eigenvalue weighted by Crippen LogP contribution is -2.43. The van der Waals surface area contributed by atoms with Crippen molar-refractivity contribution in [1.29, 1.82) is 0 Å². The molecule has 6 nitrogen and oxygen atoms in total. The van der Waals surface area contributed by atoms with Crippen LogP contribution >= 0.6 is 24.8 Å². The number of aryl methyl sites for hydroxylation is 1. The van der Waals surface area contributed by atoms with Crippen molar-refractivity contribution in [2.45, 2.75) is 51.9 Å². The highest BCUT2D eigenvalue weighted by Crippen LogP contribution is 2.40. The molecule has 0 fully saturated rings. The number of likely N-dealkylation sites (N-methyl/N-ethyl adjacent to an activating group) is 1. The molecule has 0 saturated heterocycles. The molecule has 1 atom stereocenters. The maximum absolute atomic E-state index is 5.62. The van der Waals surface area contributed by atoms with Crippen LogP contribution in [0.3, 0.4) is 0 Å². The van der Waals surface area contributed by atoms with Gasteiger partial charge in [-0.1, -0.05) is 32.9 Å². The van der Waals surface area contributed by atoms with Gasteiger partial charge in [0.1, 0.15) is 0 Å². The summed E-state index contributed by atoms with van der Waals surface area (Å²) in [6, 6.07) is 12.6. The second kappa shape index (κ2) is 18.4. The van der Waals surface area contributed by atoms with Crippen LogP contribution in [0, 0.1) is 5.92 Å². The SMILES string of the molecule is CCNCC(CCCNCCCc1ccc(OC)c(OC)c1)(c1ccc(OC)c(OC)c1)C(C)C.Cl.Cl. The standard InChI is InChI=1S/C29H46N2O4.2ClH/c1-8-30-21-29(22(2)3,24-13-15-26(33-5)28(20-24)35-7)16-10-18-31-17-9-11-23-12-14-25(32-4)27(19-23)34-6;;/h12-15,19-20,22,30-31H,8-11,16-18,21H2,1-7H3;2*1H. The molecule has 0 radical (unpaired) electrons. The maximum Gasteiger partial charge on any atom is 0.161 e. The molecule has 8 heteroatoms. The van der Waals surface area contributed by atoms with Crippen LogP contribution in [0.25, 0.3) is 0 Å². The monoisotopic (exact) mass is 558 g/mol. The second-order valence-electron chi connectivity index (χ2n) is 9.31. The first-order valence-electron chi connectivity index (χ1n) is 12.8. The molecule has 0 heterocycles. The van der Waals surface area contributed by atoms with E-state index >= 15 is 0 Å². The molecule has 0 aliphatic heterocycles. The van der Waals surface area contributed by atoms with Gasteiger partial charge in [0, 0.05) is 12.0 Å². The third-order valence-electron chi connectivity index (χ3n) is 7.00. The van der Waals surface area contributed by atoms with Gasteiger partial charge in [0.2, 0.25) is 0 Å². The van der Waals surface area contributed by atoms with Crippen molar-refractivity contribution >= 4 is 24.8 Å². The number of nitrogens with one attached hydrogen (secondary N) is 2. The minimum Gasteiger partial charge on any atom is -0.493 e. The molecule has 1 unspecified atom stereocenters. The molecule has 0 aliphatic rings. The Morgan fingerprint density at radius 3 is 1.86 bits per heavy atom. The summed E-state index contributed by atoms with van der Waals surface area (Å²) in [5.74, 6) is 3.60. The van der Waals surface area contributed by atoms with Gasteiger partial charge in [-0.25, -0.2) is 0 Å². The summed E-state index contributed by atoms with van der Waals surface area (Å²) < 4.78 is 21.8. The van der Waals surface area contributed by atoms with E-state index in [9.17, 15) is 0 Å². The fourth-order valence-corrected chi connectivity index (χ4v) is 4.76. The van der Waals surface area contributed by atoms with Gasteiger partial charge >= 0.3 is 0 Å². The maximum atomic E-state index is 5.62. The lowest BCUT2D eigenvalue weighted by atomic mass is 9.68. The summed E-state index contributed by atoms with van der Waals surface area (Å²) in [7, 11) is 6.73. The Morgan fingerprint density at radius 2 is 1.30 bits per heavy atom. The summed E-state index contributed by atoms with van der Waals surface area (Å²) in [5.41, 5.74) is 2.60. The van der Waals surface area contributed by atoms with E-state index in [-0.39, 0.29) is 30.2 Å². The fourth-order valence-electron chi connectivity index (χ4n) is 4.76. The summed E-state index contributed by atoms with van der Waals surface area (Å²) in [4.78, 5) is 0. The zero-order valence-corrected chi connectivity index (χ0v) is 25.3. The van der Waals surface area contributed by atoms with Crippen LogP contribution < -0.4 is 29.6 Å². The lowest BCUT2D eigenvalue weighted by Gasteiger charge is -2.39. The first-order valence-corrected chi connectivity index (χ1v) is 12.8. The van der Waals surface area contributed by atoms with Crippen molar-refractivity contribution in [1.82, 2.24) is 10.6 Å². The minimum absolute atomic E-state index is 0. The second-order valence-corrected chi connectivity index (χ2v) is 9.31. The lowest BCUT2D eigenvalue weighted by molar-refractivity contribution is 0.263. The van der Waals surface area contributed by atoms with E-state index < -0.39 is 0 Å². The molecule has 37 heavy (non-hydrogen) atoms. The zero-order chi connectivity index (χ0) is 25.7. The Hall–Kier alpha value is -1.86. The van der Waals surface area contributed by atoms with Gasteiger partial charge in [-0.3, -0.25) is 0 Å². The molecule has 2 rings (SSSR count). The van der Waals surface area contributed by atoms with Gasteiger partial charge in [0.15, 0.2) is 23.0 Å². The Morgan fingerprint density at radius 1 is 0.730 bits per heavy atom. The smallest absolute Gasteiger partial charge is 0.161 e. The van der Waals surface area contributed by atoms with Gasteiger partial charge in [-0.05, 0) is 86.6 Å². The average Bonchev–Trinajstić information content (AvgIpc) is 2.89. The van der Waals surface area contributed by atoms with Crippen molar-refractivity contribution in [3.63, 3.8) is 0 Å². The number of rotatable bonds is 17. The third-order valence-corrected chi connectivity index (χ3v) is 7.00. The van der Waals surface area contributed by atoms with Crippen LogP contribution in [0.4, 0.5) is 0 Å². The first-order chi connectivity index (χ1) is 16.9. The zero-order valence-electron chi connectivity index (χ0n) is 23.6. The molecular weight excluding hydrogens is 511 g/mol. The normalized spacial score (nSPS) is 12.2. The molecular formula is C29H48Cl2N2O4. The molecule has 0 saturated carbocycles. The van der Waals surface area contributed by atoms with E-state index in [2.05, 4.69) is 55.7 Å². The number of ether oxygens (including phenoxy) is 4. The van der Waals surface area contributed by atoms with Crippen LogP contribution in [0.15, 0.2) is 36.4 Å². The number of hydrogen-bond donors (Lipinski definition) is 2. The van der Waals surface area contributed by atoms with Gasteiger partial charge in [0.05, 0.1) is 28.4 Å². The van der Waals surface area contributed by atoms with Crippen molar-refractivity contribution < 1.29 is 18.9 Å². The Bertz CT molecular complexity index is 898. The molecule has 0 aliphatic carbocycles. The molecule has 0 amide bonds. The number of halogens is 2. The molecule has 0 aromatic heterocycles. The molecule has 2 aromatic rings. The van der Waals surface area contributed by atoms with Crippen LogP contribution in [-0.4, -0.2) is 54.6 Å². The van der Waals surface area contributed by atoms with E-state index in [4.69, 9.17) is 18.9 Å². The molecule has 212 valence electrons. The fraction of sp³-hybridized carbons (Fsp3) is 0.586. The van der Waals surface area contributed by atoms with E-state index in [0.717, 1.165) is 74.9 Å². The van der Waals surface area contributed by atoms with Crippen LogP contribution in [0.5, 0.6) is 23.0 Å². The van der Waals surface area contributed by atoms with Crippen molar-refractivity contribution in [2.75, 3.05) is 54.6 Å². The van der Waals surface area contributed by atoms with E-state index in [1.165, 1.54) is 11.1 Å². The number of methoxy groups -OCH3 is 4. The van der Waals surface area contributed by atoms with Crippen LogP contribution in [-0.2, 0) is 11.8 Å². The predicted molar refractivity (Wildman–Crippen MR) is 159 cm³/mol. The topological polar surface area (TPSA) is 61.0 Å². The quantitative estimate of drug-likeness (QED) is 0.230. The van der Waals surface area contributed by atoms with Gasteiger partial charge in [-0.15, -0.1) is 24.8 Å². The first kappa shape index (κ1) is 35.1. The molecule has 2 aromatic carbocycles. The molecule has 0 bridgehead atoms. The minimum atomic E-state index is 0. The van der Waals surface area contributed by atoms with Crippen molar-refractivity contribution in [3.05, 3.63) is 47.5 Å². The molecule has 0 spiro atoms. The summed E-state index contributed by atoms with van der Waals surface area (Å²) in [6.07, 6.45) is 4.29. The average molecular weight is 560 g/mol. The third kappa shape index (κ3) is 9.75. The summed E-state index contributed by atoms with van der Waals surface area (Å²) >= 11 is 0. The largest absolute Gasteiger partial charge is 0.493 e. The number of hydrogen-bond acceptors (Lipinski definition) is 6. The van der Waals surface area contributed by atoms with Gasteiger partial charge < -0.3 is 29.6 Å². The van der Waals surface area contributed by atoms with Crippen molar-refractivity contribution in [3.8, 4) is 23.0 Å². The van der Waals surface area contributed by atoms with E-state index in [1.54, 1.807) is 28.4 Å². The Kier molecular flexibility index (Phi) is 17.5. The van der Waals surface area contributed by atoms with Crippen LogP contribution in [0.1, 0.15) is 51.2 Å². The van der Waals surface area contributed by atoms with Gasteiger partial charge in [-0.2, -0.15) is 0 Å². The summed E-state index contributed by atoms with van der Waals surface area (Å²) in [5, 5.41) is 7.27. The molecule has 2 N–H and O–H groups in total. The Labute approximate surface area is 237 Å². The predicted octanol–water partition coefficient (Wildman–Crippen LogP) is 6.07. The van der Waals surface area contributed by atoms with Crippen molar-refractivity contribution in [2.24, 2.45) is 5.92 Å². The number of benzene rings is 2. The summed E-state index contributed by atoms with van der Waals surface area (Å²) in [6.45, 7) is 10.7. The Balaban J connectivity index is 0.00000648. The van der Waals surface area contributed by atoms with E-state index in [1.807, 2.05) is 12.1 Å². The highest BCUT2D eigenvalue weighted by Gasteiger charge is 2.35.